The topological polar surface area (TPSA) is 51.1 Å². The van der Waals surface area contributed by atoms with Gasteiger partial charge in [0, 0.05) is 16.7 Å². The smallest absolute Gasteiger partial charge is 0.250 e. The molecule has 1 unspecified atom stereocenters. The van der Waals surface area contributed by atoms with Crippen LogP contribution in [0.2, 0.25) is 0 Å². The van der Waals surface area contributed by atoms with Gasteiger partial charge in [0.15, 0.2) is 0 Å². The summed E-state index contributed by atoms with van der Waals surface area (Å²) in [4.78, 5) is 23.5. The fourth-order valence-corrected chi connectivity index (χ4v) is 2.57. The van der Waals surface area contributed by atoms with Gasteiger partial charge in [0.05, 0.1) is 6.04 Å². The van der Waals surface area contributed by atoms with E-state index < -0.39 is 0 Å². The molecule has 1 amide bonds. The van der Waals surface area contributed by atoms with Gasteiger partial charge in [-0.25, -0.2) is 0 Å². The third-order valence-electron chi connectivity index (χ3n) is 2.96. The zero-order valence-corrected chi connectivity index (χ0v) is 12.6. The highest BCUT2D eigenvalue weighted by Gasteiger charge is 2.12. The first-order valence-corrected chi connectivity index (χ1v) is 7.06. The summed E-state index contributed by atoms with van der Waals surface area (Å²) in [5.74, 6) is -0.193. The van der Waals surface area contributed by atoms with Gasteiger partial charge in [0.2, 0.25) is 5.91 Å². The average molecular weight is 335 g/mol. The Kier molecular flexibility index (Phi) is 4.74. The largest absolute Gasteiger partial charge is 0.348 e. The fraction of sp³-hybridized carbons (Fsp3) is 0.200. The second-order valence-corrected chi connectivity index (χ2v) is 5.33. The molecule has 0 aliphatic rings. The third-order valence-corrected chi connectivity index (χ3v) is 3.68. The molecular weight excluding hydrogens is 320 g/mol. The summed E-state index contributed by atoms with van der Waals surface area (Å²) >= 11 is 3.46. The minimum absolute atomic E-state index is 0.0223. The molecule has 1 heterocycles. The molecule has 2 rings (SSSR count). The van der Waals surface area contributed by atoms with Crippen LogP contribution in [-0.4, -0.2) is 10.5 Å². The number of halogens is 1. The molecule has 4 nitrogen and oxygen atoms in total. The quantitative estimate of drug-likeness (QED) is 0.933. The van der Waals surface area contributed by atoms with E-state index >= 15 is 0 Å². The number of hydrogen-bond donors (Lipinski definition) is 1. The van der Waals surface area contributed by atoms with E-state index in [1.165, 1.54) is 10.6 Å². The van der Waals surface area contributed by atoms with E-state index in [2.05, 4.69) is 21.2 Å². The number of pyridine rings is 1. The van der Waals surface area contributed by atoms with Gasteiger partial charge >= 0.3 is 0 Å². The summed E-state index contributed by atoms with van der Waals surface area (Å²) in [7, 11) is 0. The van der Waals surface area contributed by atoms with Gasteiger partial charge in [0.1, 0.15) is 6.54 Å². The van der Waals surface area contributed by atoms with Gasteiger partial charge in [-0.2, -0.15) is 0 Å². The van der Waals surface area contributed by atoms with Crippen molar-refractivity contribution in [3.05, 3.63) is 69.1 Å². The molecule has 2 aromatic rings. The number of nitrogens with one attached hydrogen (secondary N) is 1. The molecule has 0 spiro atoms. The first-order valence-electron chi connectivity index (χ1n) is 6.27. The summed E-state index contributed by atoms with van der Waals surface area (Å²) in [6.45, 7) is 1.93. The predicted molar refractivity (Wildman–Crippen MR) is 81.4 cm³/mol. The van der Waals surface area contributed by atoms with E-state index in [4.69, 9.17) is 0 Å². The van der Waals surface area contributed by atoms with Gasteiger partial charge in [-0.05, 0) is 24.6 Å². The monoisotopic (exact) mass is 334 g/mol. The standard InChI is InChI=1S/C15H15BrN2O2/c1-11(12-6-2-3-7-13(12)16)17-14(19)10-18-9-5-4-8-15(18)20/h2-9,11H,10H2,1H3,(H,17,19). The first kappa shape index (κ1) is 14.5. The van der Waals surface area contributed by atoms with Crippen molar-refractivity contribution < 1.29 is 4.79 Å². The lowest BCUT2D eigenvalue weighted by molar-refractivity contribution is -0.122. The minimum atomic E-state index is -0.193. The van der Waals surface area contributed by atoms with Gasteiger partial charge in [-0.1, -0.05) is 40.2 Å². The van der Waals surface area contributed by atoms with Gasteiger partial charge in [-0.15, -0.1) is 0 Å². The summed E-state index contributed by atoms with van der Waals surface area (Å²) in [6, 6.07) is 12.4. The van der Waals surface area contributed by atoms with E-state index in [9.17, 15) is 9.59 Å². The SMILES string of the molecule is CC(NC(=O)Cn1ccccc1=O)c1ccccc1Br. The van der Waals surface area contributed by atoms with E-state index in [1.807, 2.05) is 31.2 Å². The third kappa shape index (κ3) is 3.57. The Hall–Kier alpha value is -1.88. The van der Waals surface area contributed by atoms with Crippen LogP contribution in [0.5, 0.6) is 0 Å². The number of carbonyl (C=O) groups excluding carboxylic acids is 1. The molecule has 0 radical (unpaired) electrons. The molecule has 0 fully saturated rings. The molecule has 1 aromatic carbocycles. The molecule has 1 N–H and O–H groups in total. The number of carbonyl (C=O) groups is 1. The van der Waals surface area contributed by atoms with Crippen LogP contribution in [0.4, 0.5) is 0 Å². The fourth-order valence-electron chi connectivity index (χ4n) is 1.94. The second-order valence-electron chi connectivity index (χ2n) is 4.48. The number of nitrogens with zero attached hydrogens (tertiary/aromatic N) is 1. The maximum absolute atomic E-state index is 12.0. The summed E-state index contributed by atoms with van der Waals surface area (Å²) < 4.78 is 2.33. The van der Waals surface area contributed by atoms with Crippen LogP contribution < -0.4 is 10.9 Å². The summed E-state index contributed by atoms with van der Waals surface area (Å²) in [5, 5.41) is 2.88. The Morgan fingerprint density at radius 2 is 1.95 bits per heavy atom. The Bertz CT molecular complexity index is 667. The highest BCUT2D eigenvalue weighted by Crippen LogP contribution is 2.22. The molecule has 104 valence electrons. The maximum Gasteiger partial charge on any atom is 0.250 e. The molecular formula is C15H15BrN2O2. The molecule has 0 bridgehead atoms. The summed E-state index contributed by atoms with van der Waals surface area (Å²) in [5.41, 5.74) is 0.817. The second kappa shape index (κ2) is 6.52. The number of benzene rings is 1. The summed E-state index contributed by atoms with van der Waals surface area (Å²) in [6.07, 6.45) is 1.60. The van der Waals surface area contributed by atoms with Crippen molar-refractivity contribution in [1.82, 2.24) is 9.88 Å². The van der Waals surface area contributed by atoms with E-state index in [0.717, 1.165) is 10.0 Å². The maximum atomic E-state index is 12.0. The molecule has 0 aliphatic carbocycles. The number of amides is 1. The number of hydrogen-bond acceptors (Lipinski definition) is 2. The lowest BCUT2D eigenvalue weighted by Gasteiger charge is -2.16. The Morgan fingerprint density at radius 3 is 2.65 bits per heavy atom. The van der Waals surface area contributed by atoms with Crippen LogP contribution in [0.3, 0.4) is 0 Å². The van der Waals surface area contributed by atoms with Crippen LogP contribution in [0, 0.1) is 0 Å². The highest BCUT2D eigenvalue weighted by atomic mass is 79.9. The van der Waals surface area contributed by atoms with Crippen molar-refractivity contribution in [2.24, 2.45) is 0 Å². The van der Waals surface area contributed by atoms with Crippen LogP contribution in [0.1, 0.15) is 18.5 Å². The average Bonchev–Trinajstić information content (AvgIpc) is 2.41. The van der Waals surface area contributed by atoms with E-state index in [-0.39, 0.29) is 24.1 Å². The van der Waals surface area contributed by atoms with E-state index in [0.29, 0.717) is 0 Å². The Labute approximate surface area is 125 Å². The molecule has 20 heavy (non-hydrogen) atoms. The van der Waals surface area contributed by atoms with Crippen LogP contribution in [-0.2, 0) is 11.3 Å². The van der Waals surface area contributed by atoms with Gasteiger partial charge in [-0.3, -0.25) is 9.59 Å². The van der Waals surface area contributed by atoms with Crippen molar-refractivity contribution in [1.29, 1.82) is 0 Å². The normalized spacial score (nSPS) is 11.9. The number of aromatic nitrogens is 1. The van der Waals surface area contributed by atoms with Crippen LogP contribution in [0.25, 0.3) is 0 Å². The van der Waals surface area contributed by atoms with Crippen molar-refractivity contribution in [3.63, 3.8) is 0 Å². The molecule has 5 heteroatoms. The highest BCUT2D eigenvalue weighted by molar-refractivity contribution is 9.10. The predicted octanol–water partition coefficient (Wildman–Crippen LogP) is 2.49. The van der Waals surface area contributed by atoms with Crippen molar-refractivity contribution in [2.45, 2.75) is 19.5 Å². The molecule has 0 aliphatic heterocycles. The van der Waals surface area contributed by atoms with E-state index in [1.54, 1.807) is 18.3 Å². The zero-order valence-electron chi connectivity index (χ0n) is 11.0. The van der Waals surface area contributed by atoms with Crippen molar-refractivity contribution in [3.8, 4) is 0 Å². The van der Waals surface area contributed by atoms with Crippen LogP contribution >= 0.6 is 15.9 Å². The molecule has 0 saturated carbocycles. The van der Waals surface area contributed by atoms with Gasteiger partial charge in [0.25, 0.3) is 5.56 Å². The van der Waals surface area contributed by atoms with Gasteiger partial charge < -0.3 is 9.88 Å². The minimum Gasteiger partial charge on any atom is -0.348 e. The molecule has 0 saturated heterocycles. The van der Waals surface area contributed by atoms with Crippen LogP contribution in [0.15, 0.2) is 57.9 Å². The lowest BCUT2D eigenvalue weighted by atomic mass is 10.1. The Morgan fingerprint density at radius 1 is 1.25 bits per heavy atom. The van der Waals surface area contributed by atoms with Crippen molar-refractivity contribution in [2.75, 3.05) is 0 Å². The Balaban J connectivity index is 2.04. The number of rotatable bonds is 4. The first-order chi connectivity index (χ1) is 9.58. The van der Waals surface area contributed by atoms with Crippen molar-refractivity contribution >= 4 is 21.8 Å². The molecule has 1 aromatic heterocycles. The lowest BCUT2D eigenvalue weighted by Crippen LogP contribution is -2.33. The zero-order chi connectivity index (χ0) is 14.5. The molecule has 1 atom stereocenters.